The lowest BCUT2D eigenvalue weighted by Gasteiger charge is -2.23. The molecule has 3 N–H and O–H groups in total. The van der Waals surface area contributed by atoms with Crippen molar-refractivity contribution in [2.45, 2.75) is 19.4 Å². The first-order valence-corrected chi connectivity index (χ1v) is 8.93. The molecule has 2 aliphatic heterocycles. The summed E-state index contributed by atoms with van der Waals surface area (Å²) >= 11 is 0. The van der Waals surface area contributed by atoms with Crippen molar-refractivity contribution in [3.05, 3.63) is 65.3 Å². The Bertz CT molecular complexity index is 1090. The molecule has 3 heterocycles. The number of pyridine rings is 1. The van der Waals surface area contributed by atoms with Gasteiger partial charge in [-0.25, -0.2) is 9.37 Å². The van der Waals surface area contributed by atoms with Gasteiger partial charge in [0.1, 0.15) is 29.5 Å². The maximum Gasteiger partial charge on any atom is 0.322 e. The van der Waals surface area contributed by atoms with Crippen LogP contribution in [0.25, 0.3) is 11.1 Å². The van der Waals surface area contributed by atoms with E-state index in [1.54, 1.807) is 30.5 Å². The Morgan fingerprint density at radius 3 is 2.79 bits per heavy atom. The standard InChI is InChI=1S/C21H18FN3O4/c1-21(2)14(11-3-6-17(23-9-11)24-10-18(26)27)8-16(29-21)19-13-5-4-12(22)7-15(13)25-20(19)28/h3-9H,10H2,1-2H3,(H,23,24)(H,25,28)(H,26,27). The first kappa shape index (κ1) is 18.7. The molecular weight excluding hydrogens is 377 g/mol. The molecule has 2 aromatic rings. The van der Waals surface area contributed by atoms with Crippen molar-refractivity contribution in [3.8, 4) is 0 Å². The first-order chi connectivity index (χ1) is 13.7. The highest BCUT2D eigenvalue weighted by atomic mass is 19.1. The van der Waals surface area contributed by atoms with E-state index in [0.29, 0.717) is 28.4 Å². The molecule has 0 saturated carbocycles. The van der Waals surface area contributed by atoms with Crippen LogP contribution in [0.15, 0.2) is 48.4 Å². The normalized spacial score (nSPS) is 19.3. The number of nitrogens with zero attached hydrogens (tertiary/aromatic N) is 1. The minimum atomic E-state index is -0.977. The van der Waals surface area contributed by atoms with Gasteiger partial charge in [0.15, 0.2) is 0 Å². The minimum Gasteiger partial charge on any atom is -0.482 e. The molecule has 8 heteroatoms. The average Bonchev–Trinajstić information content (AvgIpc) is 3.14. The number of carbonyl (C=O) groups is 2. The van der Waals surface area contributed by atoms with Crippen molar-refractivity contribution in [2.24, 2.45) is 0 Å². The Morgan fingerprint density at radius 2 is 2.10 bits per heavy atom. The SMILES string of the molecule is CC1(C)OC(=C2C(=O)Nc3cc(F)ccc32)C=C1c1ccc(NCC(=O)O)nc1. The van der Waals surface area contributed by atoms with Crippen LogP contribution in [-0.2, 0) is 14.3 Å². The number of ether oxygens (including phenoxy) is 1. The van der Waals surface area contributed by atoms with Crippen LogP contribution >= 0.6 is 0 Å². The number of allylic oxidation sites excluding steroid dienone is 1. The third-order valence-electron chi connectivity index (χ3n) is 4.76. The lowest BCUT2D eigenvalue weighted by atomic mass is 9.93. The molecule has 2 aliphatic rings. The number of nitrogens with one attached hydrogen (secondary N) is 2. The molecule has 7 nitrogen and oxygen atoms in total. The quantitative estimate of drug-likeness (QED) is 0.687. The predicted molar refractivity (Wildman–Crippen MR) is 105 cm³/mol. The van der Waals surface area contributed by atoms with E-state index in [4.69, 9.17) is 9.84 Å². The van der Waals surface area contributed by atoms with Crippen molar-refractivity contribution in [2.75, 3.05) is 17.2 Å². The average molecular weight is 395 g/mol. The highest BCUT2D eigenvalue weighted by Gasteiger charge is 2.38. The van der Waals surface area contributed by atoms with Gasteiger partial charge in [-0.3, -0.25) is 9.59 Å². The molecule has 0 fully saturated rings. The second-order valence-electron chi connectivity index (χ2n) is 7.23. The zero-order valence-corrected chi connectivity index (χ0v) is 15.7. The summed E-state index contributed by atoms with van der Waals surface area (Å²) in [6.45, 7) is 3.53. The molecule has 1 aromatic heterocycles. The van der Waals surface area contributed by atoms with E-state index in [2.05, 4.69) is 15.6 Å². The van der Waals surface area contributed by atoms with Crippen LogP contribution in [-0.4, -0.2) is 34.1 Å². The molecular formula is C21H18FN3O4. The van der Waals surface area contributed by atoms with Crippen molar-refractivity contribution in [1.82, 2.24) is 4.98 Å². The van der Waals surface area contributed by atoms with E-state index in [1.807, 2.05) is 13.8 Å². The van der Waals surface area contributed by atoms with Crippen molar-refractivity contribution >= 4 is 34.5 Å². The Kier molecular flexibility index (Phi) is 4.34. The highest BCUT2D eigenvalue weighted by molar-refractivity contribution is 6.32. The van der Waals surface area contributed by atoms with Gasteiger partial charge in [0.2, 0.25) is 0 Å². The fraction of sp³-hybridized carbons (Fsp3) is 0.190. The topological polar surface area (TPSA) is 101 Å². The molecule has 148 valence electrons. The van der Waals surface area contributed by atoms with Gasteiger partial charge in [-0.1, -0.05) is 0 Å². The van der Waals surface area contributed by atoms with E-state index < -0.39 is 17.4 Å². The Morgan fingerprint density at radius 1 is 1.31 bits per heavy atom. The molecule has 0 spiro atoms. The number of benzene rings is 1. The largest absolute Gasteiger partial charge is 0.482 e. The number of carbonyl (C=O) groups excluding carboxylic acids is 1. The van der Waals surface area contributed by atoms with E-state index in [-0.39, 0.29) is 12.5 Å². The number of amides is 1. The number of halogens is 1. The van der Waals surface area contributed by atoms with Crippen LogP contribution in [0.2, 0.25) is 0 Å². The van der Waals surface area contributed by atoms with Gasteiger partial charge >= 0.3 is 5.97 Å². The van der Waals surface area contributed by atoms with E-state index in [0.717, 1.165) is 11.1 Å². The number of carboxylic acid groups (broad SMARTS) is 1. The summed E-state index contributed by atoms with van der Waals surface area (Å²) in [5, 5.41) is 14.1. The second kappa shape index (κ2) is 6.73. The van der Waals surface area contributed by atoms with E-state index in [9.17, 15) is 14.0 Å². The third-order valence-corrected chi connectivity index (χ3v) is 4.76. The van der Waals surface area contributed by atoms with Gasteiger partial charge in [-0.2, -0.15) is 0 Å². The van der Waals surface area contributed by atoms with Gasteiger partial charge in [0, 0.05) is 22.9 Å². The molecule has 0 saturated heterocycles. The van der Waals surface area contributed by atoms with E-state index >= 15 is 0 Å². The van der Waals surface area contributed by atoms with Gasteiger partial charge in [-0.05, 0) is 50.3 Å². The summed E-state index contributed by atoms with van der Waals surface area (Å²) < 4.78 is 19.6. The van der Waals surface area contributed by atoms with E-state index in [1.165, 1.54) is 12.1 Å². The maximum atomic E-state index is 13.5. The monoisotopic (exact) mass is 395 g/mol. The van der Waals surface area contributed by atoms with Crippen LogP contribution < -0.4 is 10.6 Å². The summed E-state index contributed by atoms with van der Waals surface area (Å²) in [5.41, 5.74) is 2.24. The lowest BCUT2D eigenvalue weighted by Crippen LogP contribution is -2.21. The van der Waals surface area contributed by atoms with Crippen LogP contribution in [0, 0.1) is 5.82 Å². The highest BCUT2D eigenvalue weighted by Crippen LogP contribution is 2.44. The molecule has 29 heavy (non-hydrogen) atoms. The van der Waals surface area contributed by atoms with Crippen molar-refractivity contribution in [1.29, 1.82) is 0 Å². The summed E-state index contributed by atoms with van der Waals surface area (Å²) in [6.07, 6.45) is 3.40. The number of fused-ring (bicyclic) bond motifs is 1. The number of hydrogen-bond donors (Lipinski definition) is 3. The summed E-state index contributed by atoms with van der Waals surface area (Å²) in [5.74, 6) is -0.906. The summed E-state index contributed by atoms with van der Waals surface area (Å²) in [4.78, 5) is 27.4. The molecule has 0 aliphatic carbocycles. The number of aliphatic carboxylic acids is 1. The molecule has 1 amide bonds. The van der Waals surface area contributed by atoms with Crippen LogP contribution in [0.1, 0.15) is 25.0 Å². The Labute approximate surface area is 165 Å². The van der Waals surface area contributed by atoms with Gasteiger partial charge < -0.3 is 20.5 Å². The zero-order chi connectivity index (χ0) is 20.8. The van der Waals surface area contributed by atoms with Crippen molar-refractivity contribution < 1.29 is 23.8 Å². The first-order valence-electron chi connectivity index (χ1n) is 8.93. The number of aromatic nitrogens is 1. The molecule has 0 unspecified atom stereocenters. The number of carboxylic acids is 1. The molecule has 4 rings (SSSR count). The number of hydrogen-bond acceptors (Lipinski definition) is 5. The van der Waals surface area contributed by atoms with Crippen molar-refractivity contribution in [3.63, 3.8) is 0 Å². The third kappa shape index (κ3) is 3.44. The van der Waals surface area contributed by atoms with Crippen LogP contribution in [0.4, 0.5) is 15.9 Å². The molecule has 0 atom stereocenters. The van der Waals surface area contributed by atoms with Gasteiger partial charge in [0.05, 0.1) is 11.3 Å². The smallest absolute Gasteiger partial charge is 0.322 e. The predicted octanol–water partition coefficient (Wildman–Crippen LogP) is 3.27. The zero-order valence-electron chi connectivity index (χ0n) is 15.7. The second-order valence-corrected chi connectivity index (χ2v) is 7.23. The van der Waals surface area contributed by atoms with Crippen LogP contribution in [0.5, 0.6) is 0 Å². The minimum absolute atomic E-state index is 0.227. The lowest BCUT2D eigenvalue weighted by molar-refractivity contribution is -0.135. The molecule has 0 radical (unpaired) electrons. The summed E-state index contributed by atoms with van der Waals surface area (Å²) in [6, 6.07) is 7.62. The fourth-order valence-corrected chi connectivity index (χ4v) is 3.43. The summed E-state index contributed by atoms with van der Waals surface area (Å²) in [7, 11) is 0. The maximum absolute atomic E-state index is 13.5. The molecule has 1 aromatic carbocycles. The van der Waals surface area contributed by atoms with Gasteiger partial charge in [0.25, 0.3) is 5.91 Å². The number of rotatable bonds is 4. The number of anilines is 2. The van der Waals surface area contributed by atoms with Gasteiger partial charge in [-0.15, -0.1) is 0 Å². The molecule has 0 bridgehead atoms. The van der Waals surface area contributed by atoms with Crippen LogP contribution in [0.3, 0.4) is 0 Å². The Hall–Kier alpha value is -3.68. The fourth-order valence-electron chi connectivity index (χ4n) is 3.43. The Balaban J connectivity index is 1.71.